The van der Waals surface area contributed by atoms with Crippen LogP contribution in [0.15, 0.2) is 53.3 Å². The molecule has 0 bridgehead atoms. The van der Waals surface area contributed by atoms with Crippen molar-refractivity contribution >= 4 is 34.2 Å². The van der Waals surface area contributed by atoms with Gasteiger partial charge in [0.05, 0.1) is 16.8 Å². The van der Waals surface area contributed by atoms with E-state index in [1.807, 2.05) is 19.9 Å². The third kappa shape index (κ3) is 3.45. The number of nitrogens with zero attached hydrogens (tertiary/aromatic N) is 2. The van der Waals surface area contributed by atoms with Crippen molar-refractivity contribution in [2.75, 3.05) is 0 Å². The topological polar surface area (TPSA) is 93.1 Å². The van der Waals surface area contributed by atoms with Crippen molar-refractivity contribution in [1.82, 2.24) is 20.6 Å². The molecule has 1 aromatic heterocycles. The number of fused-ring (bicyclic) bond motifs is 1. The Labute approximate surface area is 178 Å². The lowest BCUT2D eigenvalue weighted by Gasteiger charge is -2.17. The van der Waals surface area contributed by atoms with Gasteiger partial charge in [-0.15, -0.1) is 0 Å². The average molecular weight is 425 g/mol. The fourth-order valence-electron chi connectivity index (χ4n) is 3.57. The van der Waals surface area contributed by atoms with E-state index in [-0.39, 0.29) is 23.2 Å². The van der Waals surface area contributed by atoms with Gasteiger partial charge in [0.25, 0.3) is 11.5 Å². The first kappa shape index (κ1) is 20.1. The second kappa shape index (κ2) is 7.57. The number of nitrogens with one attached hydrogen (secondary N) is 2. The van der Waals surface area contributed by atoms with E-state index in [4.69, 9.17) is 11.6 Å². The first-order chi connectivity index (χ1) is 14.3. The Balaban J connectivity index is 1.59. The van der Waals surface area contributed by atoms with Crippen LogP contribution in [0.25, 0.3) is 10.8 Å². The number of hydrogen-bond acceptors (Lipinski definition) is 4. The quantitative estimate of drug-likeness (QED) is 0.629. The zero-order valence-electron chi connectivity index (χ0n) is 16.6. The van der Waals surface area contributed by atoms with Crippen molar-refractivity contribution in [3.63, 3.8) is 0 Å². The highest BCUT2D eigenvalue weighted by Gasteiger charge is 2.51. The summed E-state index contributed by atoms with van der Waals surface area (Å²) in [5.74, 6) is -0.893. The molecular formula is C22H21ClN4O3. The van der Waals surface area contributed by atoms with Gasteiger partial charge in [-0.1, -0.05) is 41.9 Å². The normalized spacial score (nSPS) is 14.5. The Kier molecular flexibility index (Phi) is 5.07. The summed E-state index contributed by atoms with van der Waals surface area (Å²) < 4.78 is 1.27. The van der Waals surface area contributed by atoms with E-state index >= 15 is 0 Å². The number of benzene rings is 2. The first-order valence-corrected chi connectivity index (χ1v) is 10.1. The number of hydrazine groups is 1. The fourth-order valence-corrected chi connectivity index (χ4v) is 3.76. The number of aromatic nitrogens is 2. The number of amides is 2. The summed E-state index contributed by atoms with van der Waals surface area (Å²) in [6.07, 6.45) is 1.35. The lowest BCUT2D eigenvalue weighted by Crippen LogP contribution is -2.47. The van der Waals surface area contributed by atoms with Crippen molar-refractivity contribution in [3.05, 3.63) is 75.2 Å². The van der Waals surface area contributed by atoms with Gasteiger partial charge in [0, 0.05) is 10.4 Å². The molecule has 1 aliphatic rings. The van der Waals surface area contributed by atoms with E-state index in [9.17, 15) is 14.4 Å². The molecule has 30 heavy (non-hydrogen) atoms. The summed E-state index contributed by atoms with van der Waals surface area (Å²) in [6.45, 7) is 3.63. The molecule has 0 aliphatic heterocycles. The predicted molar refractivity (Wildman–Crippen MR) is 114 cm³/mol. The number of rotatable bonds is 4. The summed E-state index contributed by atoms with van der Waals surface area (Å²) in [7, 11) is 0. The molecule has 0 saturated heterocycles. The van der Waals surface area contributed by atoms with E-state index in [0.717, 1.165) is 5.56 Å². The summed E-state index contributed by atoms with van der Waals surface area (Å²) >= 11 is 6.06. The highest BCUT2D eigenvalue weighted by atomic mass is 35.5. The highest BCUT2D eigenvalue weighted by Crippen LogP contribution is 2.48. The Morgan fingerprint density at radius 1 is 1.07 bits per heavy atom. The van der Waals surface area contributed by atoms with Gasteiger partial charge in [-0.25, -0.2) is 4.68 Å². The number of carbonyl (C=O) groups excluding carboxylic acids is 2. The largest absolute Gasteiger partial charge is 0.290 e. The Hall–Kier alpha value is -3.19. The van der Waals surface area contributed by atoms with Crippen LogP contribution in [0, 0.1) is 0 Å². The van der Waals surface area contributed by atoms with Crippen LogP contribution in [-0.2, 0) is 10.2 Å². The minimum atomic E-state index is -0.690. The molecule has 2 amide bonds. The van der Waals surface area contributed by atoms with Gasteiger partial charge in [-0.2, -0.15) is 5.10 Å². The van der Waals surface area contributed by atoms with Gasteiger partial charge >= 0.3 is 0 Å². The van der Waals surface area contributed by atoms with Crippen molar-refractivity contribution < 1.29 is 9.59 Å². The van der Waals surface area contributed by atoms with Crippen molar-refractivity contribution in [1.29, 1.82) is 0 Å². The molecule has 0 unspecified atom stereocenters. The van der Waals surface area contributed by atoms with Crippen molar-refractivity contribution in [2.45, 2.75) is 38.1 Å². The predicted octanol–water partition coefficient (Wildman–Crippen LogP) is 3.12. The lowest BCUT2D eigenvalue weighted by atomic mass is 9.95. The van der Waals surface area contributed by atoms with Crippen LogP contribution in [0.4, 0.5) is 0 Å². The minimum absolute atomic E-state index is 0.0757. The zero-order chi connectivity index (χ0) is 21.5. The van der Waals surface area contributed by atoms with Gasteiger partial charge in [0.1, 0.15) is 0 Å². The van der Waals surface area contributed by atoms with Gasteiger partial charge in [0.15, 0.2) is 5.69 Å². The van der Waals surface area contributed by atoms with E-state index < -0.39 is 11.3 Å². The van der Waals surface area contributed by atoms with Crippen LogP contribution in [0.3, 0.4) is 0 Å². The molecule has 1 aliphatic carbocycles. The fraction of sp³-hybridized carbons (Fsp3) is 0.273. The van der Waals surface area contributed by atoms with Gasteiger partial charge in [-0.3, -0.25) is 25.2 Å². The molecule has 0 atom stereocenters. The van der Waals surface area contributed by atoms with E-state index in [1.54, 1.807) is 42.5 Å². The smallest absolute Gasteiger partial charge is 0.272 e. The van der Waals surface area contributed by atoms with Crippen LogP contribution in [0.5, 0.6) is 0 Å². The van der Waals surface area contributed by atoms with Crippen molar-refractivity contribution in [2.24, 2.45) is 0 Å². The van der Waals surface area contributed by atoms with Gasteiger partial charge in [0.2, 0.25) is 5.91 Å². The molecule has 1 saturated carbocycles. The molecule has 2 N–H and O–H groups in total. The highest BCUT2D eigenvalue weighted by molar-refractivity contribution is 6.30. The second-order valence-corrected chi connectivity index (χ2v) is 8.17. The molecule has 0 spiro atoms. The summed E-state index contributed by atoms with van der Waals surface area (Å²) in [5.41, 5.74) is 4.92. The number of hydrogen-bond donors (Lipinski definition) is 2. The molecule has 3 aromatic rings. The second-order valence-electron chi connectivity index (χ2n) is 7.74. The van der Waals surface area contributed by atoms with Gasteiger partial charge in [-0.05, 0) is 50.5 Å². The molecular weight excluding hydrogens is 404 g/mol. The monoisotopic (exact) mass is 424 g/mol. The maximum atomic E-state index is 12.9. The van der Waals surface area contributed by atoms with E-state index in [2.05, 4.69) is 16.0 Å². The third-order valence-electron chi connectivity index (χ3n) is 5.38. The van der Waals surface area contributed by atoms with Crippen LogP contribution < -0.4 is 16.4 Å². The summed E-state index contributed by atoms with van der Waals surface area (Å²) in [5, 5.41) is 5.64. The Morgan fingerprint density at radius 2 is 1.77 bits per heavy atom. The standard InChI is InChI=1S/C22H21ClN4O3/c1-13(2)27-20(29)17-9-4-3-8-16(17)18(26-27)19(28)24-25-21(30)22(10-11-22)14-6-5-7-15(23)12-14/h3-9,12-13H,10-11H2,1-2H3,(H,24,28)(H,25,30). The molecule has 1 heterocycles. The molecule has 2 aromatic carbocycles. The van der Waals surface area contributed by atoms with Crippen LogP contribution in [0.1, 0.15) is 48.8 Å². The van der Waals surface area contributed by atoms with E-state index in [0.29, 0.717) is 28.6 Å². The van der Waals surface area contributed by atoms with Crippen LogP contribution in [0.2, 0.25) is 5.02 Å². The lowest BCUT2D eigenvalue weighted by molar-refractivity contribution is -0.124. The van der Waals surface area contributed by atoms with Gasteiger partial charge < -0.3 is 0 Å². The molecule has 154 valence electrons. The molecule has 4 rings (SSSR count). The molecule has 0 radical (unpaired) electrons. The Bertz CT molecular complexity index is 1210. The maximum Gasteiger partial charge on any atom is 0.290 e. The first-order valence-electron chi connectivity index (χ1n) is 9.72. The molecule has 1 fully saturated rings. The van der Waals surface area contributed by atoms with E-state index in [1.165, 1.54) is 4.68 Å². The third-order valence-corrected chi connectivity index (χ3v) is 5.62. The Morgan fingerprint density at radius 3 is 2.40 bits per heavy atom. The van der Waals surface area contributed by atoms with Crippen LogP contribution in [-0.4, -0.2) is 21.6 Å². The SMILES string of the molecule is CC(C)n1nc(C(=O)NNC(=O)C2(c3cccc(Cl)c3)CC2)c2ccccc2c1=O. The number of halogens is 1. The molecule has 7 nitrogen and oxygen atoms in total. The zero-order valence-corrected chi connectivity index (χ0v) is 17.4. The summed E-state index contributed by atoms with van der Waals surface area (Å²) in [4.78, 5) is 38.3. The van der Waals surface area contributed by atoms with Crippen LogP contribution >= 0.6 is 11.6 Å². The number of carbonyl (C=O) groups is 2. The minimum Gasteiger partial charge on any atom is -0.272 e. The van der Waals surface area contributed by atoms with Crippen molar-refractivity contribution in [3.8, 4) is 0 Å². The summed E-state index contributed by atoms with van der Waals surface area (Å²) in [6, 6.07) is 13.7. The average Bonchev–Trinajstić information content (AvgIpc) is 3.54. The molecule has 8 heteroatoms. The maximum absolute atomic E-state index is 12.9.